The monoisotopic (exact) mass is 532 g/mol. The summed E-state index contributed by atoms with van der Waals surface area (Å²) in [7, 11) is 0. The molecule has 1 aliphatic heterocycles. The van der Waals surface area contributed by atoms with Crippen molar-refractivity contribution in [3.8, 4) is 0 Å². The molecule has 5 rings (SSSR count). The van der Waals surface area contributed by atoms with Gasteiger partial charge < -0.3 is 15.5 Å². The van der Waals surface area contributed by atoms with Crippen LogP contribution in [0.15, 0.2) is 30.7 Å². The fraction of sp³-hybridized carbons (Fsp3) is 0.348. The number of aryl methyl sites for hydroxylation is 2. The molecule has 1 unspecified atom stereocenters. The summed E-state index contributed by atoms with van der Waals surface area (Å²) in [5.74, 6) is -0.577. The first-order chi connectivity index (χ1) is 17.6. The van der Waals surface area contributed by atoms with Gasteiger partial charge in [-0.3, -0.25) is 19.4 Å². The largest absolute Gasteiger partial charge is 0.408 e. The molecule has 1 aromatic carbocycles. The predicted molar refractivity (Wildman–Crippen MR) is 132 cm³/mol. The number of carbonyl (C=O) groups is 2. The molecule has 4 heterocycles. The number of hydrogen-bond acceptors (Lipinski definition) is 7. The average molecular weight is 533 g/mol. The molecule has 2 amide bonds. The van der Waals surface area contributed by atoms with Crippen molar-refractivity contribution in [2.75, 3.05) is 17.2 Å². The number of thiazole rings is 1. The van der Waals surface area contributed by atoms with E-state index in [0.717, 1.165) is 32.7 Å². The fourth-order valence-electron chi connectivity index (χ4n) is 4.37. The van der Waals surface area contributed by atoms with Gasteiger partial charge in [0.15, 0.2) is 10.9 Å². The first-order valence-electron chi connectivity index (χ1n) is 11.5. The highest BCUT2D eigenvalue weighted by Crippen LogP contribution is 2.33. The normalized spacial score (nSPS) is 15.9. The van der Waals surface area contributed by atoms with Crippen LogP contribution < -0.4 is 10.6 Å². The van der Waals surface area contributed by atoms with E-state index in [9.17, 15) is 22.8 Å². The lowest BCUT2D eigenvalue weighted by molar-refractivity contribution is -0.183. The van der Waals surface area contributed by atoms with Crippen molar-refractivity contribution in [3.05, 3.63) is 46.7 Å². The Hall–Kier alpha value is -3.94. The van der Waals surface area contributed by atoms with Gasteiger partial charge in [-0.25, -0.2) is 4.98 Å². The predicted octanol–water partition coefficient (Wildman–Crippen LogP) is 4.38. The van der Waals surface area contributed by atoms with Gasteiger partial charge in [-0.1, -0.05) is 17.4 Å². The zero-order valence-electron chi connectivity index (χ0n) is 19.9. The van der Waals surface area contributed by atoms with Gasteiger partial charge in [-0.05, 0) is 38.3 Å². The van der Waals surface area contributed by atoms with E-state index < -0.39 is 18.1 Å². The molecule has 1 fully saturated rings. The first kappa shape index (κ1) is 24.7. The van der Waals surface area contributed by atoms with E-state index >= 15 is 0 Å². The molecule has 14 heteroatoms. The van der Waals surface area contributed by atoms with Crippen LogP contribution in [0, 0.1) is 13.8 Å². The number of amides is 2. The summed E-state index contributed by atoms with van der Waals surface area (Å²) in [6.45, 7) is 3.41. The van der Waals surface area contributed by atoms with E-state index in [-0.39, 0.29) is 25.4 Å². The molecule has 194 valence electrons. The second-order valence-corrected chi connectivity index (χ2v) is 9.87. The van der Waals surface area contributed by atoms with Crippen molar-refractivity contribution < 1.29 is 22.8 Å². The van der Waals surface area contributed by atoms with Crippen LogP contribution in [0.3, 0.4) is 0 Å². The van der Waals surface area contributed by atoms with E-state index in [0.29, 0.717) is 33.5 Å². The number of rotatable bonds is 6. The standard InChI is InChI=1S/C23H23F3N8O2S/c1-12-5-6-15-14(8-28-31-15)19(12)29-21(36)16-9-27-22(37-16)30-20-13(2)10-33(32-20)11-18(35)34-7-3-4-17(34)23(24,25)26/h5-6,8-10,17H,3-4,7,11H2,1-2H3,(H,28,31)(H,29,36)(H,27,30,32). The summed E-state index contributed by atoms with van der Waals surface area (Å²) in [5, 5.41) is 18.3. The third-order valence-corrected chi connectivity index (χ3v) is 7.13. The molecule has 1 saturated heterocycles. The van der Waals surface area contributed by atoms with Gasteiger partial charge in [0, 0.05) is 23.7 Å². The van der Waals surface area contributed by atoms with Crippen LogP contribution in [-0.4, -0.2) is 60.4 Å². The maximum Gasteiger partial charge on any atom is 0.408 e. The molecule has 0 aliphatic carbocycles. The smallest absolute Gasteiger partial charge is 0.329 e. The Labute approximate surface area is 212 Å². The second-order valence-electron chi connectivity index (χ2n) is 8.84. The molecule has 1 atom stereocenters. The molecule has 3 N–H and O–H groups in total. The Morgan fingerprint density at radius 2 is 2.03 bits per heavy atom. The Balaban J connectivity index is 1.25. The van der Waals surface area contributed by atoms with Gasteiger partial charge in [0.05, 0.1) is 23.6 Å². The molecule has 0 spiro atoms. The lowest BCUT2D eigenvalue weighted by Gasteiger charge is -2.26. The Morgan fingerprint density at radius 1 is 1.22 bits per heavy atom. The minimum atomic E-state index is -4.45. The second kappa shape index (κ2) is 9.50. The van der Waals surface area contributed by atoms with Crippen LogP contribution in [0.4, 0.5) is 29.8 Å². The zero-order chi connectivity index (χ0) is 26.3. The zero-order valence-corrected chi connectivity index (χ0v) is 20.7. The fourth-order valence-corrected chi connectivity index (χ4v) is 5.08. The first-order valence-corrected chi connectivity index (χ1v) is 12.3. The van der Waals surface area contributed by atoms with Crippen molar-refractivity contribution >= 4 is 50.7 Å². The maximum absolute atomic E-state index is 13.2. The summed E-state index contributed by atoms with van der Waals surface area (Å²) in [6, 6.07) is 2.02. The Morgan fingerprint density at radius 3 is 2.81 bits per heavy atom. The number of H-pyrrole nitrogens is 1. The van der Waals surface area contributed by atoms with E-state index in [2.05, 4.69) is 30.9 Å². The quantitative estimate of drug-likeness (QED) is 0.339. The number of aromatic nitrogens is 5. The number of likely N-dealkylation sites (tertiary alicyclic amines) is 1. The van der Waals surface area contributed by atoms with E-state index in [1.165, 1.54) is 10.9 Å². The summed E-state index contributed by atoms with van der Waals surface area (Å²) in [5.41, 5.74) is 3.02. The molecule has 0 saturated carbocycles. The van der Waals surface area contributed by atoms with Gasteiger partial charge in [0.1, 0.15) is 17.5 Å². The molecule has 4 aromatic rings. The van der Waals surface area contributed by atoms with Crippen molar-refractivity contribution in [2.24, 2.45) is 0 Å². The van der Waals surface area contributed by atoms with Gasteiger partial charge >= 0.3 is 6.18 Å². The van der Waals surface area contributed by atoms with Crippen LogP contribution in [0.1, 0.15) is 33.6 Å². The van der Waals surface area contributed by atoms with Crippen molar-refractivity contribution in [2.45, 2.75) is 45.5 Å². The lowest BCUT2D eigenvalue weighted by Crippen LogP contribution is -2.45. The highest BCUT2D eigenvalue weighted by Gasteiger charge is 2.47. The SMILES string of the molecule is Cc1cn(CC(=O)N2CCCC2C(F)(F)F)nc1Nc1ncc(C(=O)Nc2c(C)ccc3[nH]ncc23)s1. The highest BCUT2D eigenvalue weighted by atomic mass is 32.1. The number of halogens is 3. The summed E-state index contributed by atoms with van der Waals surface area (Å²) in [6.07, 6.45) is 0.447. The van der Waals surface area contributed by atoms with Crippen molar-refractivity contribution in [1.82, 2.24) is 29.9 Å². The van der Waals surface area contributed by atoms with Crippen LogP contribution >= 0.6 is 11.3 Å². The van der Waals surface area contributed by atoms with Crippen LogP contribution in [0.5, 0.6) is 0 Å². The van der Waals surface area contributed by atoms with Gasteiger partial charge in [0.25, 0.3) is 5.91 Å². The number of fused-ring (bicyclic) bond motifs is 1. The Bertz CT molecular complexity index is 1470. The third kappa shape index (κ3) is 5.01. The molecule has 3 aromatic heterocycles. The molecule has 10 nitrogen and oxygen atoms in total. The highest BCUT2D eigenvalue weighted by molar-refractivity contribution is 7.17. The number of nitrogens with zero attached hydrogens (tertiary/aromatic N) is 5. The van der Waals surface area contributed by atoms with Crippen molar-refractivity contribution in [3.63, 3.8) is 0 Å². The van der Waals surface area contributed by atoms with Gasteiger partial charge in [-0.15, -0.1) is 0 Å². The average Bonchev–Trinajstić information content (AvgIpc) is 3.62. The lowest BCUT2D eigenvalue weighted by atomic mass is 10.1. The van der Waals surface area contributed by atoms with Crippen LogP contribution in [-0.2, 0) is 11.3 Å². The minimum Gasteiger partial charge on any atom is -0.329 e. The number of hydrogen-bond donors (Lipinski definition) is 3. The number of nitrogens with one attached hydrogen (secondary N) is 3. The number of alkyl halides is 3. The number of aromatic amines is 1. The summed E-state index contributed by atoms with van der Waals surface area (Å²) < 4.78 is 40.9. The number of anilines is 3. The maximum atomic E-state index is 13.2. The topological polar surface area (TPSA) is 121 Å². The molecular formula is C23H23F3N8O2S. The van der Waals surface area contributed by atoms with E-state index in [4.69, 9.17) is 0 Å². The number of benzene rings is 1. The molecule has 1 aliphatic rings. The molecule has 0 radical (unpaired) electrons. The summed E-state index contributed by atoms with van der Waals surface area (Å²) >= 11 is 1.12. The van der Waals surface area contributed by atoms with Crippen molar-refractivity contribution in [1.29, 1.82) is 0 Å². The number of carbonyl (C=O) groups excluding carboxylic acids is 2. The van der Waals surface area contributed by atoms with Gasteiger partial charge in [0.2, 0.25) is 5.91 Å². The molecular weight excluding hydrogens is 509 g/mol. The summed E-state index contributed by atoms with van der Waals surface area (Å²) in [4.78, 5) is 30.9. The Kier molecular flexibility index (Phi) is 6.35. The minimum absolute atomic E-state index is 0.0763. The van der Waals surface area contributed by atoms with E-state index in [1.807, 2.05) is 19.1 Å². The van der Waals surface area contributed by atoms with Crippen LogP contribution in [0.2, 0.25) is 0 Å². The van der Waals surface area contributed by atoms with Crippen LogP contribution in [0.25, 0.3) is 10.9 Å². The molecule has 0 bridgehead atoms. The molecule has 37 heavy (non-hydrogen) atoms. The third-order valence-electron chi connectivity index (χ3n) is 6.22. The van der Waals surface area contributed by atoms with Gasteiger partial charge in [-0.2, -0.15) is 23.4 Å². The van der Waals surface area contributed by atoms with E-state index in [1.54, 1.807) is 19.3 Å².